The Labute approximate surface area is 135 Å². The van der Waals surface area contributed by atoms with Crippen LogP contribution in [0.5, 0.6) is 0 Å². The molecule has 0 N–H and O–H groups in total. The Morgan fingerprint density at radius 2 is 2.36 bits per heavy atom. The van der Waals surface area contributed by atoms with Crippen molar-refractivity contribution in [1.82, 2.24) is 14.9 Å². The van der Waals surface area contributed by atoms with Crippen molar-refractivity contribution in [2.45, 2.75) is 33.1 Å². The maximum atomic E-state index is 12.5. The minimum Gasteiger partial charge on any atom is -0.342 e. The average molecular weight is 315 g/mol. The van der Waals surface area contributed by atoms with Crippen LogP contribution in [0.1, 0.15) is 30.3 Å². The van der Waals surface area contributed by atoms with E-state index < -0.39 is 0 Å². The molecule has 1 unspecified atom stereocenters. The number of carbonyl (C=O) groups excluding carboxylic acids is 1. The third-order valence-electron chi connectivity index (χ3n) is 4.12. The van der Waals surface area contributed by atoms with Crippen molar-refractivity contribution in [3.8, 4) is 10.6 Å². The van der Waals surface area contributed by atoms with Gasteiger partial charge in [0.2, 0.25) is 5.91 Å². The van der Waals surface area contributed by atoms with Crippen LogP contribution >= 0.6 is 11.3 Å². The molecule has 4 nitrogen and oxygen atoms in total. The molecule has 1 atom stereocenters. The third kappa shape index (κ3) is 3.35. The smallest absolute Gasteiger partial charge is 0.227 e. The molecule has 3 rings (SSSR count). The van der Waals surface area contributed by atoms with Crippen LogP contribution < -0.4 is 0 Å². The Kier molecular flexibility index (Phi) is 4.52. The van der Waals surface area contributed by atoms with Crippen molar-refractivity contribution >= 4 is 17.2 Å². The first-order valence-corrected chi connectivity index (χ1v) is 8.59. The van der Waals surface area contributed by atoms with E-state index in [0.29, 0.717) is 12.3 Å². The van der Waals surface area contributed by atoms with Gasteiger partial charge in [0.15, 0.2) is 0 Å². The van der Waals surface area contributed by atoms with E-state index in [-0.39, 0.29) is 5.91 Å². The number of rotatable bonds is 3. The van der Waals surface area contributed by atoms with E-state index in [0.717, 1.165) is 40.7 Å². The molecular weight excluding hydrogens is 294 g/mol. The van der Waals surface area contributed by atoms with Gasteiger partial charge in [0, 0.05) is 35.9 Å². The number of piperidine rings is 1. The lowest BCUT2D eigenvalue weighted by Crippen LogP contribution is -2.39. The summed E-state index contributed by atoms with van der Waals surface area (Å²) in [5.41, 5.74) is 1.98. The van der Waals surface area contributed by atoms with E-state index in [1.54, 1.807) is 17.5 Å². The van der Waals surface area contributed by atoms with E-state index in [1.165, 1.54) is 6.42 Å². The van der Waals surface area contributed by atoms with E-state index in [9.17, 15) is 4.79 Å². The zero-order valence-corrected chi connectivity index (χ0v) is 13.9. The molecule has 0 aliphatic carbocycles. The molecule has 1 saturated heterocycles. The highest BCUT2D eigenvalue weighted by atomic mass is 32.1. The van der Waals surface area contributed by atoms with Crippen molar-refractivity contribution in [3.63, 3.8) is 0 Å². The van der Waals surface area contributed by atoms with Crippen molar-refractivity contribution in [2.75, 3.05) is 13.1 Å². The molecule has 3 heterocycles. The number of nitrogens with zero attached hydrogens (tertiary/aromatic N) is 3. The van der Waals surface area contributed by atoms with Gasteiger partial charge in [-0.1, -0.05) is 6.92 Å². The zero-order valence-electron chi connectivity index (χ0n) is 13.1. The van der Waals surface area contributed by atoms with Gasteiger partial charge < -0.3 is 4.90 Å². The van der Waals surface area contributed by atoms with Crippen LogP contribution in [0.2, 0.25) is 0 Å². The monoisotopic (exact) mass is 315 g/mol. The summed E-state index contributed by atoms with van der Waals surface area (Å²) in [7, 11) is 0. The average Bonchev–Trinajstić information content (AvgIpc) is 2.89. The van der Waals surface area contributed by atoms with Crippen LogP contribution in [0.4, 0.5) is 0 Å². The normalized spacial score (nSPS) is 18.5. The lowest BCUT2D eigenvalue weighted by atomic mass is 10.00. The first kappa shape index (κ1) is 15.2. The van der Waals surface area contributed by atoms with Crippen LogP contribution in [-0.2, 0) is 11.2 Å². The summed E-state index contributed by atoms with van der Waals surface area (Å²) in [5, 5.41) is 0.945. The number of likely N-dealkylation sites (tertiary alicyclic amines) is 1. The summed E-state index contributed by atoms with van der Waals surface area (Å²) in [4.78, 5) is 24.3. The highest BCUT2D eigenvalue weighted by molar-refractivity contribution is 7.15. The molecule has 5 heteroatoms. The molecule has 0 aromatic carbocycles. The molecule has 116 valence electrons. The van der Waals surface area contributed by atoms with Gasteiger partial charge in [-0.15, -0.1) is 11.3 Å². The fraction of sp³-hybridized carbons (Fsp3) is 0.471. The Hall–Kier alpha value is -1.75. The molecule has 0 bridgehead atoms. The molecular formula is C17H21N3OS. The predicted molar refractivity (Wildman–Crippen MR) is 88.8 cm³/mol. The van der Waals surface area contributed by atoms with Gasteiger partial charge in [-0.25, -0.2) is 4.98 Å². The highest BCUT2D eigenvalue weighted by Gasteiger charge is 2.22. The Bertz CT molecular complexity index is 653. The molecule has 2 aromatic rings. The Balaban J connectivity index is 1.73. The van der Waals surface area contributed by atoms with Crippen LogP contribution in [-0.4, -0.2) is 33.9 Å². The number of amides is 1. The molecule has 1 aliphatic rings. The number of aromatic nitrogens is 2. The summed E-state index contributed by atoms with van der Waals surface area (Å²) in [6.45, 7) is 6.00. The van der Waals surface area contributed by atoms with Crippen LogP contribution in [0.15, 0.2) is 24.5 Å². The maximum absolute atomic E-state index is 12.5. The fourth-order valence-electron chi connectivity index (χ4n) is 2.87. The summed E-state index contributed by atoms with van der Waals surface area (Å²) in [6, 6.07) is 3.91. The van der Waals surface area contributed by atoms with Gasteiger partial charge in [-0.05, 0) is 37.8 Å². The van der Waals surface area contributed by atoms with Gasteiger partial charge in [-0.3, -0.25) is 9.78 Å². The third-order valence-corrected chi connectivity index (χ3v) is 5.33. The number of hydrogen-bond acceptors (Lipinski definition) is 4. The first-order valence-electron chi connectivity index (χ1n) is 7.78. The second kappa shape index (κ2) is 6.57. The summed E-state index contributed by atoms with van der Waals surface area (Å²) in [6.07, 6.45) is 6.39. The molecule has 0 spiro atoms. The lowest BCUT2D eigenvalue weighted by Gasteiger charge is -2.30. The van der Waals surface area contributed by atoms with Gasteiger partial charge in [-0.2, -0.15) is 0 Å². The van der Waals surface area contributed by atoms with Crippen LogP contribution in [0, 0.1) is 12.8 Å². The molecule has 1 fully saturated rings. The SMILES string of the molecule is Cc1nc(-c2cccnc2)sc1CC(=O)N1CCCC(C)C1. The second-order valence-electron chi connectivity index (χ2n) is 6.03. The van der Waals surface area contributed by atoms with Crippen molar-refractivity contribution in [2.24, 2.45) is 5.92 Å². The van der Waals surface area contributed by atoms with E-state index in [4.69, 9.17) is 0 Å². The minimum atomic E-state index is 0.232. The van der Waals surface area contributed by atoms with E-state index >= 15 is 0 Å². The molecule has 1 aliphatic heterocycles. The van der Waals surface area contributed by atoms with Gasteiger partial charge >= 0.3 is 0 Å². The van der Waals surface area contributed by atoms with Crippen molar-refractivity contribution < 1.29 is 4.79 Å². The fourth-order valence-corrected chi connectivity index (χ4v) is 3.91. The Morgan fingerprint density at radius 1 is 1.50 bits per heavy atom. The largest absolute Gasteiger partial charge is 0.342 e. The number of thiazole rings is 1. The van der Waals surface area contributed by atoms with E-state index in [2.05, 4.69) is 16.9 Å². The van der Waals surface area contributed by atoms with Crippen molar-refractivity contribution in [1.29, 1.82) is 0 Å². The Morgan fingerprint density at radius 3 is 3.09 bits per heavy atom. The molecule has 0 radical (unpaired) electrons. The van der Waals surface area contributed by atoms with E-state index in [1.807, 2.05) is 30.2 Å². The second-order valence-corrected chi connectivity index (χ2v) is 7.12. The maximum Gasteiger partial charge on any atom is 0.227 e. The number of pyridine rings is 1. The minimum absolute atomic E-state index is 0.232. The molecule has 1 amide bonds. The molecule has 0 saturated carbocycles. The molecule has 2 aromatic heterocycles. The summed E-state index contributed by atoms with van der Waals surface area (Å²) >= 11 is 1.61. The van der Waals surface area contributed by atoms with Crippen LogP contribution in [0.3, 0.4) is 0 Å². The number of carbonyl (C=O) groups is 1. The number of hydrogen-bond donors (Lipinski definition) is 0. The standard InChI is InChI=1S/C17H21N3OS/c1-12-5-4-8-20(11-12)16(21)9-15-13(2)19-17(22-15)14-6-3-7-18-10-14/h3,6-7,10,12H,4-5,8-9,11H2,1-2H3. The topological polar surface area (TPSA) is 46.1 Å². The van der Waals surface area contributed by atoms with Gasteiger partial charge in [0.1, 0.15) is 5.01 Å². The lowest BCUT2D eigenvalue weighted by molar-refractivity contribution is -0.132. The predicted octanol–water partition coefficient (Wildman–Crippen LogP) is 3.31. The molecule has 22 heavy (non-hydrogen) atoms. The number of aryl methyl sites for hydroxylation is 1. The first-order chi connectivity index (χ1) is 10.6. The van der Waals surface area contributed by atoms with Crippen LogP contribution in [0.25, 0.3) is 10.6 Å². The van der Waals surface area contributed by atoms with Crippen molar-refractivity contribution in [3.05, 3.63) is 35.1 Å². The van der Waals surface area contributed by atoms with Gasteiger partial charge in [0.25, 0.3) is 0 Å². The quantitative estimate of drug-likeness (QED) is 0.873. The summed E-state index contributed by atoms with van der Waals surface area (Å²) < 4.78 is 0. The summed E-state index contributed by atoms with van der Waals surface area (Å²) in [5.74, 6) is 0.849. The van der Waals surface area contributed by atoms with Gasteiger partial charge in [0.05, 0.1) is 12.1 Å². The zero-order chi connectivity index (χ0) is 15.5. The highest BCUT2D eigenvalue weighted by Crippen LogP contribution is 2.28.